The molecule has 2 aromatic carbocycles. The lowest BCUT2D eigenvalue weighted by Gasteiger charge is -2.23. The summed E-state index contributed by atoms with van der Waals surface area (Å²) >= 11 is 1.60. The number of anilines is 2. The lowest BCUT2D eigenvalue weighted by molar-refractivity contribution is 0.466. The van der Waals surface area contributed by atoms with Gasteiger partial charge >= 0.3 is 0 Å². The fourth-order valence-electron chi connectivity index (χ4n) is 4.94. The highest BCUT2D eigenvalue weighted by molar-refractivity contribution is 7.07. The van der Waals surface area contributed by atoms with Crippen molar-refractivity contribution in [1.29, 1.82) is 0 Å². The van der Waals surface area contributed by atoms with Crippen molar-refractivity contribution < 1.29 is 4.74 Å². The first-order chi connectivity index (χ1) is 19.2. The summed E-state index contributed by atoms with van der Waals surface area (Å²) < 4.78 is 6.59. The molecule has 0 spiro atoms. The third kappa shape index (κ3) is 5.55. The van der Waals surface area contributed by atoms with Crippen LogP contribution in [0.3, 0.4) is 0 Å². The van der Waals surface area contributed by atoms with Crippen molar-refractivity contribution in [3.8, 4) is 22.9 Å². The summed E-state index contributed by atoms with van der Waals surface area (Å²) in [5.74, 6) is 1.90. The Labute approximate surface area is 231 Å². The second-order valence-electron chi connectivity index (χ2n) is 9.80. The molecule has 0 saturated carbocycles. The molecule has 0 amide bonds. The van der Waals surface area contributed by atoms with E-state index in [2.05, 4.69) is 74.4 Å². The summed E-state index contributed by atoms with van der Waals surface area (Å²) in [6, 6.07) is 16.6. The molecular formula is C30H31N7OS. The molecule has 2 unspecified atom stereocenters. The fourth-order valence-corrected chi connectivity index (χ4v) is 5.59. The molecule has 39 heavy (non-hydrogen) atoms. The molecule has 3 N–H and O–H groups in total. The van der Waals surface area contributed by atoms with Crippen LogP contribution in [0.5, 0.6) is 11.6 Å². The first kappa shape index (κ1) is 25.2. The second kappa shape index (κ2) is 11.3. The van der Waals surface area contributed by atoms with Gasteiger partial charge in [0.25, 0.3) is 0 Å². The number of hydrogen-bond acceptors (Lipinski definition) is 9. The monoisotopic (exact) mass is 537 g/mol. The fraction of sp³-hybridized carbons (Fsp3) is 0.267. The number of thiazole rings is 1. The summed E-state index contributed by atoms with van der Waals surface area (Å²) in [5.41, 5.74) is 6.52. The van der Waals surface area contributed by atoms with E-state index < -0.39 is 0 Å². The molecule has 1 fully saturated rings. The Morgan fingerprint density at radius 2 is 1.97 bits per heavy atom. The number of nitrogens with zero attached hydrogens (tertiary/aromatic N) is 4. The SMILES string of the molecule is Cc1ccc2c(NC(C)c3cscn3)cccc2c1Oc1ncccc1-c1ccnc(NC2CCCNC2)n1. The first-order valence-corrected chi connectivity index (χ1v) is 14.2. The van der Waals surface area contributed by atoms with Crippen molar-refractivity contribution in [2.45, 2.75) is 38.8 Å². The van der Waals surface area contributed by atoms with E-state index in [1.54, 1.807) is 23.7 Å². The maximum atomic E-state index is 6.59. The molecular weight excluding hydrogens is 506 g/mol. The van der Waals surface area contributed by atoms with Crippen molar-refractivity contribution in [2.75, 3.05) is 23.7 Å². The zero-order chi connectivity index (χ0) is 26.6. The molecule has 0 aliphatic carbocycles. The average Bonchev–Trinajstić information content (AvgIpc) is 3.51. The van der Waals surface area contributed by atoms with Crippen LogP contribution in [-0.4, -0.2) is 39.1 Å². The largest absolute Gasteiger partial charge is 0.437 e. The minimum Gasteiger partial charge on any atom is -0.437 e. The summed E-state index contributed by atoms with van der Waals surface area (Å²) in [7, 11) is 0. The van der Waals surface area contributed by atoms with Gasteiger partial charge in [-0.15, -0.1) is 11.3 Å². The van der Waals surface area contributed by atoms with E-state index >= 15 is 0 Å². The molecule has 8 nitrogen and oxygen atoms in total. The van der Waals surface area contributed by atoms with E-state index in [0.717, 1.165) is 70.7 Å². The Bertz CT molecular complexity index is 1570. The number of benzene rings is 2. The topological polar surface area (TPSA) is 96.9 Å². The predicted octanol–water partition coefficient (Wildman–Crippen LogP) is 6.59. The van der Waals surface area contributed by atoms with Crippen molar-refractivity contribution in [1.82, 2.24) is 25.3 Å². The number of hydrogen-bond donors (Lipinski definition) is 3. The molecule has 0 radical (unpaired) electrons. The Balaban J connectivity index is 1.32. The van der Waals surface area contributed by atoms with Crippen LogP contribution in [0.4, 0.5) is 11.6 Å². The molecule has 0 bridgehead atoms. The Morgan fingerprint density at radius 1 is 1.03 bits per heavy atom. The highest BCUT2D eigenvalue weighted by Gasteiger charge is 2.18. The van der Waals surface area contributed by atoms with E-state index in [1.807, 2.05) is 29.8 Å². The standard InChI is InChI=1S/C30H31N7OS/c1-19-10-11-22-23(7-3-9-25(22)35-20(2)27-17-39-18-34-27)28(19)38-29-24(8-5-14-32-29)26-12-15-33-30(37-26)36-21-6-4-13-31-16-21/h3,5,7-12,14-15,17-18,20-21,31,35H,4,6,13,16H2,1-2H3,(H,33,36,37). The summed E-state index contributed by atoms with van der Waals surface area (Å²) in [6.07, 6.45) is 5.77. The van der Waals surface area contributed by atoms with Crippen LogP contribution in [0, 0.1) is 6.92 Å². The van der Waals surface area contributed by atoms with Gasteiger partial charge in [-0.25, -0.2) is 19.9 Å². The Morgan fingerprint density at radius 3 is 2.82 bits per heavy atom. The van der Waals surface area contributed by atoms with Crippen molar-refractivity contribution in [3.05, 3.63) is 83.1 Å². The zero-order valence-corrected chi connectivity index (χ0v) is 22.8. The van der Waals surface area contributed by atoms with Gasteiger partial charge in [0.2, 0.25) is 11.8 Å². The highest BCUT2D eigenvalue weighted by Crippen LogP contribution is 2.39. The van der Waals surface area contributed by atoms with Gasteiger partial charge in [0, 0.05) is 46.8 Å². The van der Waals surface area contributed by atoms with E-state index in [-0.39, 0.29) is 6.04 Å². The molecule has 1 aliphatic heterocycles. The van der Waals surface area contributed by atoms with E-state index in [4.69, 9.17) is 9.72 Å². The van der Waals surface area contributed by atoms with Crippen molar-refractivity contribution in [3.63, 3.8) is 0 Å². The number of pyridine rings is 1. The lowest BCUT2D eigenvalue weighted by Crippen LogP contribution is -2.38. The minimum atomic E-state index is 0.0832. The van der Waals surface area contributed by atoms with Crippen molar-refractivity contribution in [2.24, 2.45) is 0 Å². The van der Waals surface area contributed by atoms with Crippen LogP contribution in [0.15, 0.2) is 71.8 Å². The van der Waals surface area contributed by atoms with Crippen LogP contribution in [-0.2, 0) is 0 Å². The first-order valence-electron chi connectivity index (χ1n) is 13.3. The van der Waals surface area contributed by atoms with Crippen LogP contribution in [0.2, 0.25) is 0 Å². The van der Waals surface area contributed by atoms with Crippen molar-refractivity contribution >= 4 is 33.7 Å². The van der Waals surface area contributed by atoms with Gasteiger partial charge in [0.05, 0.1) is 28.5 Å². The minimum absolute atomic E-state index is 0.0832. The van der Waals surface area contributed by atoms with E-state index in [1.165, 1.54) is 0 Å². The van der Waals surface area contributed by atoms with E-state index in [9.17, 15) is 0 Å². The maximum absolute atomic E-state index is 6.59. The number of piperidine rings is 1. The number of rotatable bonds is 8. The van der Waals surface area contributed by atoms with Gasteiger partial charge in [-0.2, -0.15) is 0 Å². The molecule has 1 saturated heterocycles. The quantitative estimate of drug-likeness (QED) is 0.204. The summed E-state index contributed by atoms with van der Waals surface area (Å²) in [4.78, 5) is 18.3. The van der Waals surface area contributed by atoms with Gasteiger partial charge in [0.15, 0.2) is 0 Å². The van der Waals surface area contributed by atoms with Gasteiger partial charge in [-0.1, -0.05) is 24.3 Å². The smallest absolute Gasteiger partial charge is 0.228 e. The normalized spacial score (nSPS) is 16.1. The van der Waals surface area contributed by atoms with Crippen LogP contribution in [0.1, 0.15) is 37.1 Å². The number of aryl methyl sites for hydroxylation is 1. The van der Waals surface area contributed by atoms with Crippen LogP contribution < -0.4 is 20.7 Å². The van der Waals surface area contributed by atoms with Gasteiger partial charge in [-0.3, -0.25) is 0 Å². The molecule has 1 aliphatic rings. The maximum Gasteiger partial charge on any atom is 0.228 e. The predicted molar refractivity (Wildman–Crippen MR) is 158 cm³/mol. The van der Waals surface area contributed by atoms with Gasteiger partial charge in [0.1, 0.15) is 5.75 Å². The molecule has 5 aromatic rings. The van der Waals surface area contributed by atoms with Crippen LogP contribution in [0.25, 0.3) is 22.0 Å². The van der Waals surface area contributed by atoms with Gasteiger partial charge < -0.3 is 20.7 Å². The third-order valence-electron chi connectivity index (χ3n) is 7.01. The number of fused-ring (bicyclic) bond motifs is 1. The molecule has 9 heteroatoms. The summed E-state index contributed by atoms with van der Waals surface area (Å²) in [5, 5.41) is 14.7. The van der Waals surface area contributed by atoms with E-state index in [0.29, 0.717) is 17.9 Å². The Kier molecular flexibility index (Phi) is 7.33. The number of nitrogens with one attached hydrogen (secondary N) is 3. The van der Waals surface area contributed by atoms with Crippen LogP contribution >= 0.6 is 11.3 Å². The molecule has 4 heterocycles. The molecule has 198 valence electrons. The Hall–Kier alpha value is -4.08. The second-order valence-corrected chi connectivity index (χ2v) is 10.5. The number of ether oxygens (including phenoxy) is 1. The molecule has 3 aromatic heterocycles. The molecule has 6 rings (SSSR count). The summed E-state index contributed by atoms with van der Waals surface area (Å²) in [6.45, 7) is 6.15. The number of aromatic nitrogens is 4. The average molecular weight is 538 g/mol. The zero-order valence-electron chi connectivity index (χ0n) is 22.0. The van der Waals surface area contributed by atoms with Gasteiger partial charge in [-0.05, 0) is 63.1 Å². The lowest BCUT2D eigenvalue weighted by atomic mass is 10.0. The molecule has 2 atom stereocenters. The highest BCUT2D eigenvalue weighted by atomic mass is 32.1. The third-order valence-corrected chi connectivity index (χ3v) is 7.61.